The molecule has 0 heterocycles. The lowest BCUT2D eigenvalue weighted by Gasteiger charge is -2.09. The number of carbonyl (C=O) groups is 3. The number of rotatable bonds is 7. The van der Waals surface area contributed by atoms with Crippen molar-refractivity contribution in [3.8, 4) is 0 Å². The maximum Gasteiger partial charge on any atom is 0.255 e. The second-order valence-electron chi connectivity index (χ2n) is 6.92. The Hall–Kier alpha value is -4.00. The third-order valence-electron chi connectivity index (χ3n) is 4.50. The number of aryl methyl sites for hydroxylation is 1. The molecular formula is C24H22FN3O3. The van der Waals surface area contributed by atoms with Crippen molar-refractivity contribution in [2.75, 3.05) is 18.4 Å². The molecule has 7 heteroatoms. The van der Waals surface area contributed by atoms with Crippen molar-refractivity contribution in [2.24, 2.45) is 0 Å². The van der Waals surface area contributed by atoms with Crippen LogP contribution in [0.25, 0.3) is 0 Å². The Bertz CT molecular complexity index is 1080. The van der Waals surface area contributed by atoms with Crippen molar-refractivity contribution in [1.82, 2.24) is 10.6 Å². The van der Waals surface area contributed by atoms with E-state index in [-0.39, 0.29) is 30.5 Å². The summed E-state index contributed by atoms with van der Waals surface area (Å²) in [5.41, 5.74) is 2.83. The third kappa shape index (κ3) is 6.24. The van der Waals surface area contributed by atoms with Gasteiger partial charge in [0.2, 0.25) is 0 Å². The van der Waals surface area contributed by atoms with Gasteiger partial charge in [-0.25, -0.2) is 4.39 Å². The van der Waals surface area contributed by atoms with Gasteiger partial charge >= 0.3 is 0 Å². The van der Waals surface area contributed by atoms with E-state index >= 15 is 0 Å². The fourth-order valence-corrected chi connectivity index (χ4v) is 2.80. The summed E-state index contributed by atoms with van der Waals surface area (Å²) in [4.78, 5) is 36.4. The monoisotopic (exact) mass is 419 g/mol. The molecule has 3 aromatic carbocycles. The summed E-state index contributed by atoms with van der Waals surface area (Å²) in [6.07, 6.45) is 0. The molecule has 158 valence electrons. The number of halogens is 1. The maximum atomic E-state index is 13.1. The average molecular weight is 419 g/mol. The smallest absolute Gasteiger partial charge is 0.255 e. The number of anilines is 1. The molecule has 0 saturated carbocycles. The van der Waals surface area contributed by atoms with Gasteiger partial charge in [0, 0.05) is 35.5 Å². The number of amides is 3. The number of benzene rings is 3. The van der Waals surface area contributed by atoms with Gasteiger partial charge in [-0.05, 0) is 61.5 Å². The molecule has 0 radical (unpaired) electrons. The van der Waals surface area contributed by atoms with Crippen LogP contribution < -0.4 is 16.0 Å². The number of hydrogen-bond donors (Lipinski definition) is 3. The van der Waals surface area contributed by atoms with Crippen LogP contribution in [0.2, 0.25) is 0 Å². The van der Waals surface area contributed by atoms with Crippen LogP contribution in [0, 0.1) is 12.7 Å². The van der Waals surface area contributed by atoms with Crippen LogP contribution in [0.5, 0.6) is 0 Å². The summed E-state index contributed by atoms with van der Waals surface area (Å²) in [6, 6.07) is 19.1. The van der Waals surface area contributed by atoms with E-state index in [1.165, 1.54) is 18.2 Å². The van der Waals surface area contributed by atoms with E-state index in [0.29, 0.717) is 16.8 Å². The normalized spacial score (nSPS) is 10.3. The zero-order valence-electron chi connectivity index (χ0n) is 16.9. The molecule has 3 N–H and O–H groups in total. The molecule has 0 bridgehead atoms. The largest absolute Gasteiger partial charge is 0.350 e. The molecule has 3 rings (SSSR count). The molecule has 0 unspecified atom stereocenters. The van der Waals surface area contributed by atoms with E-state index in [1.807, 2.05) is 19.1 Å². The summed E-state index contributed by atoms with van der Waals surface area (Å²) >= 11 is 0. The summed E-state index contributed by atoms with van der Waals surface area (Å²) in [5, 5.41) is 8.09. The van der Waals surface area contributed by atoms with Gasteiger partial charge < -0.3 is 16.0 Å². The lowest BCUT2D eigenvalue weighted by atomic mass is 10.1. The minimum atomic E-state index is -0.487. The van der Waals surface area contributed by atoms with Gasteiger partial charge in [-0.1, -0.05) is 23.8 Å². The van der Waals surface area contributed by atoms with Gasteiger partial charge in [-0.15, -0.1) is 0 Å². The molecule has 3 amide bonds. The van der Waals surface area contributed by atoms with E-state index in [9.17, 15) is 18.8 Å². The Balaban J connectivity index is 1.45. The van der Waals surface area contributed by atoms with Crippen LogP contribution >= 0.6 is 0 Å². The first-order valence-corrected chi connectivity index (χ1v) is 9.72. The molecule has 3 aromatic rings. The zero-order chi connectivity index (χ0) is 22.2. The van der Waals surface area contributed by atoms with Gasteiger partial charge in [0.1, 0.15) is 5.82 Å². The summed E-state index contributed by atoms with van der Waals surface area (Å²) in [5.74, 6) is -1.44. The highest BCUT2D eigenvalue weighted by molar-refractivity contribution is 6.04. The summed E-state index contributed by atoms with van der Waals surface area (Å²) < 4.78 is 13.1. The Morgan fingerprint density at radius 3 is 1.87 bits per heavy atom. The van der Waals surface area contributed by atoms with E-state index in [4.69, 9.17) is 0 Å². The van der Waals surface area contributed by atoms with E-state index in [2.05, 4.69) is 16.0 Å². The van der Waals surface area contributed by atoms with Crippen molar-refractivity contribution in [3.05, 3.63) is 101 Å². The van der Waals surface area contributed by atoms with Crippen molar-refractivity contribution >= 4 is 23.4 Å². The summed E-state index contributed by atoms with van der Waals surface area (Å²) in [7, 11) is 0. The van der Waals surface area contributed by atoms with Crippen LogP contribution in [0.3, 0.4) is 0 Å². The second-order valence-corrected chi connectivity index (χ2v) is 6.92. The lowest BCUT2D eigenvalue weighted by molar-refractivity contribution is 0.0927. The highest BCUT2D eigenvalue weighted by Gasteiger charge is 2.09. The second kappa shape index (κ2) is 10.2. The Kier molecular flexibility index (Phi) is 7.11. The Labute approximate surface area is 179 Å². The molecule has 31 heavy (non-hydrogen) atoms. The molecular weight excluding hydrogens is 397 g/mol. The van der Waals surface area contributed by atoms with Gasteiger partial charge in [0.15, 0.2) is 0 Å². The Morgan fingerprint density at radius 2 is 1.26 bits per heavy atom. The van der Waals surface area contributed by atoms with E-state index in [1.54, 1.807) is 36.4 Å². The van der Waals surface area contributed by atoms with Gasteiger partial charge in [0.05, 0.1) is 0 Å². The number of carbonyl (C=O) groups excluding carboxylic acids is 3. The Morgan fingerprint density at radius 1 is 0.710 bits per heavy atom. The van der Waals surface area contributed by atoms with Gasteiger partial charge in [0.25, 0.3) is 17.7 Å². The first kappa shape index (κ1) is 21.7. The van der Waals surface area contributed by atoms with Crippen LogP contribution in [0.1, 0.15) is 36.6 Å². The minimum Gasteiger partial charge on any atom is -0.350 e. The van der Waals surface area contributed by atoms with Gasteiger partial charge in [-0.3, -0.25) is 14.4 Å². The average Bonchev–Trinajstić information content (AvgIpc) is 2.77. The quantitative estimate of drug-likeness (QED) is 0.512. The molecule has 0 aliphatic heterocycles. The minimum absolute atomic E-state index is 0.200. The summed E-state index contributed by atoms with van der Waals surface area (Å²) in [6.45, 7) is 2.36. The van der Waals surface area contributed by atoms with Crippen molar-refractivity contribution in [1.29, 1.82) is 0 Å². The van der Waals surface area contributed by atoms with E-state index < -0.39 is 11.7 Å². The van der Waals surface area contributed by atoms with Crippen molar-refractivity contribution in [2.45, 2.75) is 6.92 Å². The topological polar surface area (TPSA) is 87.3 Å². The molecule has 0 fully saturated rings. The van der Waals surface area contributed by atoms with Crippen LogP contribution in [0.4, 0.5) is 10.1 Å². The molecule has 0 atom stereocenters. The standard InChI is InChI=1S/C24H22FN3O3/c1-16-5-7-18(8-6-16)24(31)28-21-11-9-17(10-12-21)22(29)26-13-14-27-23(30)19-3-2-4-20(25)15-19/h2-12,15H,13-14H2,1H3,(H,26,29)(H,27,30)(H,28,31). The highest BCUT2D eigenvalue weighted by atomic mass is 19.1. The number of nitrogens with one attached hydrogen (secondary N) is 3. The molecule has 0 aliphatic carbocycles. The van der Waals surface area contributed by atoms with Crippen LogP contribution in [-0.4, -0.2) is 30.8 Å². The fraction of sp³-hybridized carbons (Fsp3) is 0.125. The molecule has 0 saturated heterocycles. The fourth-order valence-electron chi connectivity index (χ4n) is 2.80. The van der Waals surface area contributed by atoms with Crippen LogP contribution in [0.15, 0.2) is 72.8 Å². The zero-order valence-corrected chi connectivity index (χ0v) is 16.9. The molecule has 0 spiro atoms. The number of hydrogen-bond acceptors (Lipinski definition) is 3. The molecule has 0 aliphatic rings. The first-order valence-electron chi connectivity index (χ1n) is 9.72. The maximum absolute atomic E-state index is 13.1. The predicted molar refractivity (Wildman–Crippen MR) is 117 cm³/mol. The third-order valence-corrected chi connectivity index (χ3v) is 4.50. The SMILES string of the molecule is Cc1ccc(C(=O)Nc2ccc(C(=O)NCCNC(=O)c3cccc(F)c3)cc2)cc1. The van der Waals surface area contributed by atoms with Crippen LogP contribution in [-0.2, 0) is 0 Å². The van der Waals surface area contributed by atoms with Crippen molar-refractivity contribution < 1.29 is 18.8 Å². The van der Waals surface area contributed by atoms with E-state index in [0.717, 1.165) is 11.6 Å². The van der Waals surface area contributed by atoms with Crippen molar-refractivity contribution in [3.63, 3.8) is 0 Å². The first-order chi connectivity index (χ1) is 14.9. The molecule has 0 aromatic heterocycles. The molecule has 6 nitrogen and oxygen atoms in total. The van der Waals surface area contributed by atoms with Gasteiger partial charge in [-0.2, -0.15) is 0 Å². The highest BCUT2D eigenvalue weighted by Crippen LogP contribution is 2.12. The predicted octanol–water partition coefficient (Wildman–Crippen LogP) is 3.55. The lowest BCUT2D eigenvalue weighted by Crippen LogP contribution is -2.34.